The summed E-state index contributed by atoms with van der Waals surface area (Å²) in [4.78, 5) is 33.8. The van der Waals surface area contributed by atoms with Crippen molar-refractivity contribution in [3.05, 3.63) is 33.4 Å². The summed E-state index contributed by atoms with van der Waals surface area (Å²) in [5.41, 5.74) is 0.918. The molecule has 0 aliphatic heterocycles. The van der Waals surface area contributed by atoms with Crippen LogP contribution >= 0.6 is 22.6 Å². The Labute approximate surface area is 136 Å². The van der Waals surface area contributed by atoms with Crippen LogP contribution in [0.3, 0.4) is 0 Å². The van der Waals surface area contributed by atoms with E-state index < -0.39 is 17.9 Å². The first-order valence-electron chi connectivity index (χ1n) is 6.44. The van der Waals surface area contributed by atoms with Gasteiger partial charge in [0.1, 0.15) is 12.6 Å². The molecule has 0 fully saturated rings. The van der Waals surface area contributed by atoms with Gasteiger partial charge in [-0.3, -0.25) is 14.4 Å². The standard InChI is InChI=1S/C14H17IN2O4/c1-2-21-13(19)8-16-14(20)12(17-9-18)7-10-3-5-11(15)6-4-10/h3-6,9,12H,2,7-8H2,1H3,(H,16,20)(H,17,18). The minimum absolute atomic E-state index is 0.212. The van der Waals surface area contributed by atoms with E-state index in [0.717, 1.165) is 9.13 Å². The lowest BCUT2D eigenvalue weighted by atomic mass is 10.1. The first-order valence-corrected chi connectivity index (χ1v) is 7.52. The predicted octanol–water partition coefficient (Wildman–Crippen LogP) is 0.628. The second-order valence-electron chi connectivity index (χ2n) is 4.19. The molecule has 0 saturated carbocycles. The summed E-state index contributed by atoms with van der Waals surface area (Å²) >= 11 is 2.19. The number of carbonyl (C=O) groups excluding carboxylic acids is 3. The van der Waals surface area contributed by atoms with Crippen molar-refractivity contribution in [3.8, 4) is 0 Å². The summed E-state index contributed by atoms with van der Waals surface area (Å²) in [5, 5.41) is 4.90. The number of carbonyl (C=O) groups is 3. The Morgan fingerprint density at radius 1 is 1.33 bits per heavy atom. The van der Waals surface area contributed by atoms with Gasteiger partial charge in [0.05, 0.1) is 6.61 Å². The van der Waals surface area contributed by atoms with Crippen molar-refractivity contribution >= 4 is 40.9 Å². The average molecular weight is 404 g/mol. The predicted molar refractivity (Wildman–Crippen MR) is 85.5 cm³/mol. The van der Waals surface area contributed by atoms with Crippen LogP contribution in [-0.4, -0.2) is 37.5 Å². The molecule has 0 saturated heterocycles. The second kappa shape index (κ2) is 9.32. The molecule has 0 aliphatic carbocycles. The van der Waals surface area contributed by atoms with Crippen LogP contribution in [0.1, 0.15) is 12.5 Å². The van der Waals surface area contributed by atoms with E-state index in [1.54, 1.807) is 6.92 Å². The van der Waals surface area contributed by atoms with Crippen LogP contribution in [0, 0.1) is 3.57 Å². The normalized spacial score (nSPS) is 11.3. The zero-order valence-corrected chi connectivity index (χ0v) is 13.8. The van der Waals surface area contributed by atoms with Gasteiger partial charge in [-0.15, -0.1) is 0 Å². The summed E-state index contributed by atoms with van der Waals surface area (Å²) in [5.74, 6) is -0.932. The average Bonchev–Trinajstić information content (AvgIpc) is 2.47. The van der Waals surface area contributed by atoms with Crippen molar-refractivity contribution < 1.29 is 19.1 Å². The molecule has 21 heavy (non-hydrogen) atoms. The number of rotatable bonds is 8. The Morgan fingerprint density at radius 2 is 2.00 bits per heavy atom. The van der Waals surface area contributed by atoms with E-state index in [-0.39, 0.29) is 13.2 Å². The van der Waals surface area contributed by atoms with Gasteiger partial charge in [-0.25, -0.2) is 0 Å². The maximum atomic E-state index is 12.0. The summed E-state index contributed by atoms with van der Waals surface area (Å²) in [7, 11) is 0. The van der Waals surface area contributed by atoms with Gasteiger partial charge in [0.25, 0.3) is 0 Å². The molecule has 1 rings (SSSR count). The second-order valence-corrected chi connectivity index (χ2v) is 5.44. The van der Waals surface area contributed by atoms with Gasteiger partial charge < -0.3 is 15.4 Å². The molecule has 1 aromatic carbocycles. The molecular weight excluding hydrogens is 387 g/mol. The molecule has 2 N–H and O–H groups in total. The summed E-state index contributed by atoms with van der Waals surface area (Å²) in [6.45, 7) is 1.73. The Bertz CT molecular complexity index is 490. The molecule has 114 valence electrons. The lowest BCUT2D eigenvalue weighted by Gasteiger charge is -2.15. The number of hydrogen-bond acceptors (Lipinski definition) is 4. The van der Waals surface area contributed by atoms with E-state index in [2.05, 4.69) is 33.2 Å². The number of benzene rings is 1. The third-order valence-electron chi connectivity index (χ3n) is 2.65. The van der Waals surface area contributed by atoms with Crippen LogP contribution < -0.4 is 10.6 Å². The van der Waals surface area contributed by atoms with Crippen LogP contribution in [0.2, 0.25) is 0 Å². The number of hydrogen-bond donors (Lipinski definition) is 2. The Morgan fingerprint density at radius 3 is 2.57 bits per heavy atom. The molecule has 1 unspecified atom stereocenters. The molecule has 0 radical (unpaired) electrons. The SMILES string of the molecule is CCOC(=O)CNC(=O)C(Cc1ccc(I)cc1)NC=O. The smallest absolute Gasteiger partial charge is 0.325 e. The molecule has 1 aromatic rings. The highest BCUT2D eigenvalue weighted by Crippen LogP contribution is 2.09. The minimum Gasteiger partial charge on any atom is -0.465 e. The van der Waals surface area contributed by atoms with Gasteiger partial charge in [-0.1, -0.05) is 12.1 Å². The number of ether oxygens (including phenoxy) is 1. The van der Waals surface area contributed by atoms with Crippen molar-refractivity contribution in [3.63, 3.8) is 0 Å². The van der Waals surface area contributed by atoms with Gasteiger partial charge in [-0.2, -0.15) is 0 Å². The van der Waals surface area contributed by atoms with E-state index in [4.69, 9.17) is 4.74 Å². The molecule has 0 bridgehead atoms. The fourth-order valence-electron chi connectivity index (χ4n) is 1.66. The fraction of sp³-hybridized carbons (Fsp3) is 0.357. The van der Waals surface area contributed by atoms with Gasteiger partial charge in [0, 0.05) is 9.99 Å². The Hall–Kier alpha value is -1.64. The first-order chi connectivity index (χ1) is 10.1. The molecule has 7 heteroatoms. The maximum absolute atomic E-state index is 12.0. The van der Waals surface area contributed by atoms with Crippen LogP contribution in [0.25, 0.3) is 0 Å². The Kier molecular flexibility index (Phi) is 7.73. The summed E-state index contributed by atoms with van der Waals surface area (Å²) in [6, 6.07) is 6.89. The fourth-order valence-corrected chi connectivity index (χ4v) is 2.02. The van der Waals surface area contributed by atoms with Gasteiger partial charge in [0.2, 0.25) is 12.3 Å². The van der Waals surface area contributed by atoms with Crippen LogP contribution in [0.5, 0.6) is 0 Å². The largest absolute Gasteiger partial charge is 0.465 e. The van der Waals surface area contributed by atoms with Gasteiger partial charge >= 0.3 is 5.97 Å². The molecule has 0 heterocycles. The number of esters is 1. The number of nitrogens with one attached hydrogen (secondary N) is 2. The topological polar surface area (TPSA) is 84.5 Å². The van der Waals surface area contributed by atoms with Crippen molar-refractivity contribution in [2.75, 3.05) is 13.2 Å². The van der Waals surface area contributed by atoms with E-state index in [1.807, 2.05) is 24.3 Å². The van der Waals surface area contributed by atoms with Gasteiger partial charge in [-0.05, 0) is 47.2 Å². The molecule has 0 spiro atoms. The van der Waals surface area contributed by atoms with E-state index in [9.17, 15) is 14.4 Å². The van der Waals surface area contributed by atoms with Crippen molar-refractivity contribution in [2.45, 2.75) is 19.4 Å². The summed E-state index contributed by atoms with van der Waals surface area (Å²) in [6.07, 6.45) is 0.825. The van der Waals surface area contributed by atoms with E-state index in [0.29, 0.717) is 12.8 Å². The molecule has 0 aromatic heterocycles. The van der Waals surface area contributed by atoms with Crippen molar-refractivity contribution in [1.82, 2.24) is 10.6 Å². The highest BCUT2D eigenvalue weighted by molar-refractivity contribution is 14.1. The van der Waals surface area contributed by atoms with Gasteiger partial charge in [0.15, 0.2) is 0 Å². The Balaban J connectivity index is 2.59. The lowest BCUT2D eigenvalue weighted by Crippen LogP contribution is -2.46. The third kappa shape index (κ3) is 6.56. The van der Waals surface area contributed by atoms with E-state index >= 15 is 0 Å². The minimum atomic E-state index is -0.725. The highest BCUT2D eigenvalue weighted by Gasteiger charge is 2.18. The lowest BCUT2D eigenvalue weighted by molar-refractivity contribution is -0.143. The zero-order chi connectivity index (χ0) is 15.7. The number of halogens is 1. The van der Waals surface area contributed by atoms with Crippen LogP contribution in [-0.2, 0) is 25.5 Å². The monoisotopic (exact) mass is 404 g/mol. The van der Waals surface area contributed by atoms with Crippen molar-refractivity contribution in [1.29, 1.82) is 0 Å². The number of amides is 2. The van der Waals surface area contributed by atoms with Crippen LogP contribution in [0.4, 0.5) is 0 Å². The van der Waals surface area contributed by atoms with Crippen LogP contribution in [0.15, 0.2) is 24.3 Å². The third-order valence-corrected chi connectivity index (χ3v) is 3.37. The zero-order valence-electron chi connectivity index (χ0n) is 11.6. The molecule has 2 amide bonds. The highest BCUT2D eigenvalue weighted by atomic mass is 127. The molecule has 6 nitrogen and oxygen atoms in total. The maximum Gasteiger partial charge on any atom is 0.325 e. The van der Waals surface area contributed by atoms with E-state index in [1.165, 1.54) is 0 Å². The molecule has 0 aliphatic rings. The molecule has 1 atom stereocenters. The first kappa shape index (κ1) is 17.4. The summed E-state index contributed by atoms with van der Waals surface area (Å²) < 4.78 is 5.81. The quantitative estimate of drug-likeness (QED) is 0.378. The molecular formula is C14H17IN2O4. The van der Waals surface area contributed by atoms with Crippen molar-refractivity contribution in [2.24, 2.45) is 0 Å².